The number of primary amides is 1. The van der Waals surface area contributed by atoms with E-state index in [-0.39, 0.29) is 0 Å². The topological polar surface area (TPSA) is 101 Å². The number of benzene rings is 2. The Morgan fingerprint density at radius 1 is 1.00 bits per heavy atom. The van der Waals surface area contributed by atoms with E-state index < -0.39 is 17.2 Å². The van der Waals surface area contributed by atoms with Gasteiger partial charge in [-0.3, -0.25) is 10.1 Å². The van der Waals surface area contributed by atoms with Crippen LogP contribution in [0.15, 0.2) is 53.7 Å². The number of thioether (sulfide) groups is 1. The molecule has 1 atom stereocenters. The largest absolute Gasteiger partial charge is 0.351 e. The first kappa shape index (κ1) is 19.7. The summed E-state index contributed by atoms with van der Waals surface area (Å²) in [5, 5.41) is 2.16. The van der Waals surface area contributed by atoms with Crippen LogP contribution >= 0.6 is 11.8 Å². The number of aryl methyl sites for hydroxylation is 2. The van der Waals surface area contributed by atoms with E-state index in [1.54, 1.807) is 6.92 Å². The zero-order valence-corrected chi connectivity index (χ0v) is 16.8. The van der Waals surface area contributed by atoms with Gasteiger partial charge in [0, 0.05) is 11.1 Å². The maximum Gasteiger partial charge on any atom is 0.318 e. The van der Waals surface area contributed by atoms with Crippen LogP contribution in [0.25, 0.3) is 22.5 Å². The summed E-state index contributed by atoms with van der Waals surface area (Å²) < 4.78 is 0. The van der Waals surface area contributed by atoms with Gasteiger partial charge in [-0.2, -0.15) is 0 Å². The molecular weight excluding hydrogens is 372 g/mol. The van der Waals surface area contributed by atoms with Gasteiger partial charge < -0.3 is 10.7 Å². The molecule has 1 heterocycles. The van der Waals surface area contributed by atoms with Crippen LogP contribution in [0.3, 0.4) is 0 Å². The number of amides is 3. The summed E-state index contributed by atoms with van der Waals surface area (Å²) in [4.78, 5) is 30.9. The highest BCUT2D eigenvalue weighted by molar-refractivity contribution is 8.00. The monoisotopic (exact) mass is 394 g/mol. The normalized spacial score (nSPS) is 11.8. The van der Waals surface area contributed by atoms with Crippen molar-refractivity contribution in [2.75, 3.05) is 0 Å². The highest BCUT2D eigenvalue weighted by Crippen LogP contribution is 2.34. The van der Waals surface area contributed by atoms with Gasteiger partial charge in [-0.1, -0.05) is 71.4 Å². The van der Waals surface area contributed by atoms with E-state index in [0.717, 1.165) is 22.5 Å². The summed E-state index contributed by atoms with van der Waals surface area (Å²) in [6.07, 6.45) is 0. The number of rotatable bonds is 5. The second kappa shape index (κ2) is 8.31. The first-order valence-electron chi connectivity index (χ1n) is 8.84. The molecule has 4 N–H and O–H groups in total. The lowest BCUT2D eigenvalue weighted by Gasteiger charge is -2.07. The minimum Gasteiger partial charge on any atom is -0.351 e. The molecule has 3 aromatic rings. The summed E-state index contributed by atoms with van der Waals surface area (Å²) in [6, 6.07) is 15.4. The molecule has 0 saturated heterocycles. The minimum absolute atomic E-state index is 0.456. The Morgan fingerprint density at radius 2 is 1.54 bits per heavy atom. The number of carbonyl (C=O) groups is 2. The molecule has 0 aliphatic heterocycles. The predicted molar refractivity (Wildman–Crippen MR) is 112 cm³/mol. The third-order valence-corrected chi connectivity index (χ3v) is 5.24. The number of imidazole rings is 1. The summed E-state index contributed by atoms with van der Waals surface area (Å²) in [5.74, 6) is -0.456. The molecule has 1 unspecified atom stereocenters. The number of imide groups is 1. The van der Waals surface area contributed by atoms with Gasteiger partial charge in [-0.05, 0) is 20.8 Å². The second-order valence-electron chi connectivity index (χ2n) is 6.61. The first-order valence-corrected chi connectivity index (χ1v) is 9.72. The SMILES string of the molecule is Cc1ccc(-c2nc(SC(C)C(=O)NC(N)=O)[nH]c2-c2ccc(C)cc2)cc1. The van der Waals surface area contributed by atoms with Crippen LogP contribution < -0.4 is 11.1 Å². The molecule has 0 saturated carbocycles. The number of urea groups is 1. The average molecular weight is 395 g/mol. The van der Waals surface area contributed by atoms with Gasteiger partial charge in [0.15, 0.2) is 5.16 Å². The highest BCUT2D eigenvalue weighted by atomic mass is 32.2. The summed E-state index contributed by atoms with van der Waals surface area (Å²) >= 11 is 1.24. The third kappa shape index (κ3) is 4.61. The Labute approximate surface area is 167 Å². The van der Waals surface area contributed by atoms with Crippen molar-refractivity contribution in [1.82, 2.24) is 15.3 Å². The van der Waals surface area contributed by atoms with Gasteiger partial charge in [-0.25, -0.2) is 9.78 Å². The number of aromatic amines is 1. The molecule has 3 amide bonds. The Morgan fingerprint density at radius 3 is 2.07 bits per heavy atom. The van der Waals surface area contributed by atoms with Crippen LogP contribution in [0.4, 0.5) is 4.79 Å². The van der Waals surface area contributed by atoms with Crippen LogP contribution in [0.5, 0.6) is 0 Å². The van der Waals surface area contributed by atoms with Crippen LogP contribution in [0.2, 0.25) is 0 Å². The maximum absolute atomic E-state index is 12.0. The van der Waals surface area contributed by atoms with Crippen molar-refractivity contribution in [3.05, 3.63) is 59.7 Å². The second-order valence-corrected chi connectivity index (χ2v) is 7.94. The molecule has 144 valence electrons. The van der Waals surface area contributed by atoms with Gasteiger partial charge in [-0.15, -0.1) is 0 Å². The molecule has 0 spiro atoms. The molecule has 1 aromatic heterocycles. The molecule has 7 heteroatoms. The third-order valence-electron chi connectivity index (χ3n) is 4.25. The highest BCUT2D eigenvalue weighted by Gasteiger charge is 2.20. The van der Waals surface area contributed by atoms with E-state index in [1.165, 1.54) is 22.9 Å². The summed E-state index contributed by atoms with van der Waals surface area (Å²) in [7, 11) is 0. The fraction of sp³-hybridized carbons (Fsp3) is 0.190. The van der Waals surface area contributed by atoms with Crippen molar-refractivity contribution >= 4 is 23.7 Å². The van der Waals surface area contributed by atoms with Crippen molar-refractivity contribution < 1.29 is 9.59 Å². The van der Waals surface area contributed by atoms with Crippen molar-refractivity contribution in [2.45, 2.75) is 31.2 Å². The van der Waals surface area contributed by atoms with E-state index in [2.05, 4.69) is 10.3 Å². The molecule has 28 heavy (non-hydrogen) atoms. The Balaban J connectivity index is 1.97. The van der Waals surface area contributed by atoms with Crippen molar-refractivity contribution in [2.24, 2.45) is 5.73 Å². The fourth-order valence-electron chi connectivity index (χ4n) is 2.70. The molecule has 3 rings (SSSR count). The van der Waals surface area contributed by atoms with Gasteiger partial charge >= 0.3 is 6.03 Å². The molecule has 0 aliphatic carbocycles. The smallest absolute Gasteiger partial charge is 0.318 e. The number of hydrogen-bond donors (Lipinski definition) is 3. The molecule has 6 nitrogen and oxygen atoms in total. The fourth-order valence-corrected chi connectivity index (χ4v) is 3.51. The van der Waals surface area contributed by atoms with Gasteiger partial charge in [0.25, 0.3) is 0 Å². The molecule has 0 bridgehead atoms. The maximum atomic E-state index is 12.0. The van der Waals surface area contributed by atoms with E-state index in [0.29, 0.717) is 5.16 Å². The van der Waals surface area contributed by atoms with Gasteiger partial charge in [0.1, 0.15) is 0 Å². The van der Waals surface area contributed by atoms with E-state index in [9.17, 15) is 9.59 Å². The molecular formula is C21H22N4O2S. The molecule has 0 fully saturated rings. The van der Waals surface area contributed by atoms with Crippen LogP contribution in [0.1, 0.15) is 18.1 Å². The lowest BCUT2D eigenvalue weighted by molar-refractivity contribution is -0.119. The minimum atomic E-state index is -0.863. The lowest BCUT2D eigenvalue weighted by atomic mass is 10.0. The zero-order chi connectivity index (χ0) is 20.3. The number of nitrogens with zero attached hydrogens (tertiary/aromatic N) is 1. The molecule has 0 aliphatic rings. The number of nitrogens with two attached hydrogens (primary N) is 1. The Hall–Kier alpha value is -3.06. The molecule has 2 aromatic carbocycles. The van der Waals surface area contributed by atoms with Gasteiger partial charge in [0.2, 0.25) is 5.91 Å². The van der Waals surface area contributed by atoms with Crippen LogP contribution in [0, 0.1) is 13.8 Å². The zero-order valence-electron chi connectivity index (χ0n) is 15.9. The number of nitrogens with one attached hydrogen (secondary N) is 2. The van der Waals surface area contributed by atoms with Crippen molar-refractivity contribution in [3.63, 3.8) is 0 Å². The van der Waals surface area contributed by atoms with Crippen molar-refractivity contribution in [3.8, 4) is 22.5 Å². The van der Waals surface area contributed by atoms with E-state index >= 15 is 0 Å². The summed E-state index contributed by atoms with van der Waals surface area (Å²) in [6.45, 7) is 5.77. The average Bonchev–Trinajstić information content (AvgIpc) is 3.06. The predicted octanol–water partition coefficient (Wildman–Crippen LogP) is 4.04. The van der Waals surface area contributed by atoms with Gasteiger partial charge in [0.05, 0.1) is 16.6 Å². The van der Waals surface area contributed by atoms with E-state index in [4.69, 9.17) is 10.7 Å². The quantitative estimate of drug-likeness (QED) is 0.569. The number of hydrogen-bond acceptors (Lipinski definition) is 4. The lowest BCUT2D eigenvalue weighted by Crippen LogP contribution is -2.39. The Kier molecular flexibility index (Phi) is 5.84. The van der Waals surface area contributed by atoms with Crippen LogP contribution in [-0.4, -0.2) is 27.2 Å². The number of aromatic nitrogens is 2. The standard InChI is InChI=1S/C21H22N4O2S/c1-12-4-8-15(9-5-12)17-18(16-10-6-13(2)7-11-16)24-21(23-17)28-14(3)19(26)25-20(22)27/h4-11,14H,1-3H3,(H,23,24)(H3,22,25,26,27). The number of carbonyl (C=O) groups excluding carboxylic acids is 2. The first-order chi connectivity index (χ1) is 13.3. The van der Waals surface area contributed by atoms with E-state index in [1.807, 2.05) is 62.4 Å². The van der Waals surface area contributed by atoms with Crippen LogP contribution in [-0.2, 0) is 4.79 Å². The van der Waals surface area contributed by atoms with Crippen molar-refractivity contribution in [1.29, 1.82) is 0 Å². The summed E-state index contributed by atoms with van der Waals surface area (Å²) in [5.41, 5.74) is 11.1. The molecule has 0 radical (unpaired) electrons. The Bertz CT molecular complexity index is 931. The number of H-pyrrole nitrogens is 1.